The average molecular weight is 289 g/mol. The first-order valence-electron chi connectivity index (χ1n) is 6.39. The number of pyridine rings is 1. The van der Waals surface area contributed by atoms with Gasteiger partial charge in [0.05, 0.1) is 18.4 Å². The van der Waals surface area contributed by atoms with Gasteiger partial charge in [0.25, 0.3) is 5.91 Å². The Bertz CT molecular complexity index is 647. The Kier molecular flexibility index (Phi) is 4.71. The first kappa shape index (κ1) is 14.8. The Balaban J connectivity index is 2.10. The van der Waals surface area contributed by atoms with Crippen molar-refractivity contribution < 1.29 is 13.9 Å². The molecule has 0 spiro atoms. The fourth-order valence-corrected chi connectivity index (χ4v) is 1.92. The quantitative estimate of drug-likeness (QED) is 0.885. The van der Waals surface area contributed by atoms with Crippen LogP contribution in [-0.2, 0) is 6.54 Å². The maximum Gasteiger partial charge on any atom is 0.253 e. The van der Waals surface area contributed by atoms with Crippen LogP contribution in [0.3, 0.4) is 0 Å². The number of nitrogens with zero attached hydrogens (tertiary/aromatic N) is 1. The zero-order chi connectivity index (χ0) is 15.2. The van der Waals surface area contributed by atoms with Gasteiger partial charge in [-0.25, -0.2) is 9.37 Å². The first-order chi connectivity index (χ1) is 10.2. The van der Waals surface area contributed by atoms with E-state index in [4.69, 9.17) is 4.74 Å². The molecule has 2 N–H and O–H groups in total. The predicted octanol–water partition coefficient (Wildman–Crippen LogP) is 2.20. The summed E-state index contributed by atoms with van der Waals surface area (Å²) in [7, 11) is 3.10. The summed E-state index contributed by atoms with van der Waals surface area (Å²) in [6.07, 6.45) is 1.60. The van der Waals surface area contributed by atoms with E-state index < -0.39 is 5.82 Å². The number of anilines is 1. The van der Waals surface area contributed by atoms with Crippen LogP contribution in [0, 0.1) is 5.82 Å². The summed E-state index contributed by atoms with van der Waals surface area (Å²) in [6, 6.07) is 7.87. The van der Waals surface area contributed by atoms with Gasteiger partial charge < -0.3 is 15.4 Å². The number of amides is 1. The summed E-state index contributed by atoms with van der Waals surface area (Å²) >= 11 is 0. The molecule has 0 aliphatic carbocycles. The highest BCUT2D eigenvalue weighted by Crippen LogP contribution is 2.19. The fourth-order valence-electron chi connectivity index (χ4n) is 1.92. The van der Waals surface area contributed by atoms with E-state index in [2.05, 4.69) is 15.6 Å². The highest BCUT2D eigenvalue weighted by Gasteiger charge is 2.13. The lowest BCUT2D eigenvalue weighted by Gasteiger charge is -2.11. The second-order valence-electron chi connectivity index (χ2n) is 4.30. The van der Waals surface area contributed by atoms with Gasteiger partial charge in [-0.15, -0.1) is 0 Å². The normalized spacial score (nSPS) is 10.0. The molecule has 1 aromatic carbocycles. The second-order valence-corrected chi connectivity index (χ2v) is 4.30. The number of carbonyl (C=O) groups excluding carboxylic acids is 1. The van der Waals surface area contributed by atoms with Crippen LogP contribution in [0.5, 0.6) is 5.88 Å². The molecule has 6 heteroatoms. The summed E-state index contributed by atoms with van der Waals surface area (Å²) in [4.78, 5) is 16.1. The third-order valence-corrected chi connectivity index (χ3v) is 2.97. The van der Waals surface area contributed by atoms with Crippen LogP contribution in [0.1, 0.15) is 15.9 Å². The number of hydrogen-bond acceptors (Lipinski definition) is 4. The Hall–Kier alpha value is -2.63. The second kappa shape index (κ2) is 6.69. The lowest BCUT2D eigenvalue weighted by Crippen LogP contribution is -2.24. The van der Waals surface area contributed by atoms with Crippen molar-refractivity contribution in [2.45, 2.75) is 6.54 Å². The Labute approximate surface area is 122 Å². The van der Waals surface area contributed by atoms with Gasteiger partial charge >= 0.3 is 0 Å². The standard InChI is InChI=1S/C15H16FN3O2/c1-17-14-11(4-3-5-12(14)16)15(20)19-9-10-6-7-18-13(8-10)21-2/h3-8,17H,9H2,1-2H3,(H,19,20). The van der Waals surface area contributed by atoms with Crippen molar-refractivity contribution in [2.24, 2.45) is 0 Å². The van der Waals surface area contributed by atoms with E-state index >= 15 is 0 Å². The molecule has 0 aliphatic rings. The third-order valence-electron chi connectivity index (χ3n) is 2.97. The van der Waals surface area contributed by atoms with Crippen LogP contribution in [0.4, 0.5) is 10.1 Å². The molecule has 5 nitrogen and oxygen atoms in total. The molecule has 110 valence electrons. The fraction of sp³-hybridized carbons (Fsp3) is 0.200. The molecule has 2 rings (SSSR count). The van der Waals surface area contributed by atoms with Gasteiger partial charge in [-0.3, -0.25) is 4.79 Å². The lowest BCUT2D eigenvalue weighted by atomic mass is 10.1. The molecule has 21 heavy (non-hydrogen) atoms. The lowest BCUT2D eigenvalue weighted by molar-refractivity contribution is 0.0951. The summed E-state index contributed by atoms with van der Waals surface area (Å²) < 4.78 is 18.6. The number of benzene rings is 1. The van der Waals surface area contributed by atoms with Crippen molar-refractivity contribution in [3.05, 3.63) is 53.5 Å². The van der Waals surface area contributed by atoms with E-state index in [1.807, 2.05) is 0 Å². The molecule has 0 unspecified atom stereocenters. The van der Waals surface area contributed by atoms with Crippen LogP contribution in [0.25, 0.3) is 0 Å². The molecular weight excluding hydrogens is 273 g/mol. The van der Waals surface area contributed by atoms with Gasteiger partial charge in [-0.1, -0.05) is 6.07 Å². The minimum absolute atomic E-state index is 0.183. The Morgan fingerprint density at radius 3 is 2.90 bits per heavy atom. The van der Waals surface area contributed by atoms with Crippen molar-refractivity contribution in [1.29, 1.82) is 0 Å². The number of nitrogens with one attached hydrogen (secondary N) is 2. The van der Waals surface area contributed by atoms with Crippen molar-refractivity contribution >= 4 is 11.6 Å². The molecule has 0 fully saturated rings. The first-order valence-corrected chi connectivity index (χ1v) is 6.39. The number of rotatable bonds is 5. The number of para-hydroxylation sites is 1. The summed E-state index contributed by atoms with van der Waals surface area (Å²) in [6.45, 7) is 0.303. The van der Waals surface area contributed by atoms with E-state index in [0.29, 0.717) is 12.4 Å². The van der Waals surface area contributed by atoms with Crippen molar-refractivity contribution in [3.63, 3.8) is 0 Å². The number of hydrogen-bond donors (Lipinski definition) is 2. The minimum atomic E-state index is -0.462. The Morgan fingerprint density at radius 2 is 2.19 bits per heavy atom. The molecule has 0 saturated heterocycles. The molecule has 0 saturated carbocycles. The average Bonchev–Trinajstić information content (AvgIpc) is 2.52. The van der Waals surface area contributed by atoms with Crippen molar-refractivity contribution in [3.8, 4) is 5.88 Å². The highest BCUT2D eigenvalue weighted by molar-refractivity contribution is 5.99. The van der Waals surface area contributed by atoms with Crippen LogP contribution in [0.2, 0.25) is 0 Å². The molecule has 1 amide bonds. The van der Waals surface area contributed by atoms with Crippen molar-refractivity contribution in [2.75, 3.05) is 19.5 Å². The largest absolute Gasteiger partial charge is 0.481 e. The summed E-state index contributed by atoms with van der Waals surface area (Å²) in [5, 5.41) is 5.43. The third kappa shape index (κ3) is 3.47. The molecule has 0 radical (unpaired) electrons. The van der Waals surface area contributed by atoms with Crippen LogP contribution in [-0.4, -0.2) is 25.0 Å². The Morgan fingerprint density at radius 1 is 1.38 bits per heavy atom. The SMILES string of the molecule is CNc1c(F)cccc1C(=O)NCc1ccnc(OC)c1. The molecule has 0 aliphatic heterocycles. The van der Waals surface area contributed by atoms with Gasteiger partial charge in [0.1, 0.15) is 5.82 Å². The van der Waals surface area contributed by atoms with Gasteiger partial charge in [0, 0.05) is 25.9 Å². The van der Waals surface area contributed by atoms with E-state index in [1.165, 1.54) is 19.2 Å². The highest BCUT2D eigenvalue weighted by atomic mass is 19.1. The topological polar surface area (TPSA) is 63.2 Å². The van der Waals surface area contributed by atoms with E-state index in [0.717, 1.165) is 5.56 Å². The molecule has 2 aromatic rings. The van der Waals surface area contributed by atoms with Crippen LogP contribution in [0.15, 0.2) is 36.5 Å². The smallest absolute Gasteiger partial charge is 0.253 e. The zero-order valence-electron chi connectivity index (χ0n) is 11.8. The molecule has 1 aromatic heterocycles. The maximum absolute atomic E-state index is 13.6. The maximum atomic E-state index is 13.6. The predicted molar refractivity (Wildman–Crippen MR) is 77.9 cm³/mol. The number of methoxy groups -OCH3 is 1. The van der Waals surface area contributed by atoms with Gasteiger partial charge in [-0.05, 0) is 23.8 Å². The number of carbonyl (C=O) groups is 1. The van der Waals surface area contributed by atoms with Gasteiger partial charge in [0.2, 0.25) is 5.88 Å². The monoisotopic (exact) mass is 289 g/mol. The van der Waals surface area contributed by atoms with Crippen LogP contribution >= 0.6 is 0 Å². The number of halogens is 1. The van der Waals surface area contributed by atoms with E-state index in [1.54, 1.807) is 31.4 Å². The summed E-state index contributed by atoms with van der Waals surface area (Å²) in [5.41, 5.74) is 1.29. The van der Waals surface area contributed by atoms with Gasteiger partial charge in [-0.2, -0.15) is 0 Å². The number of ether oxygens (including phenoxy) is 1. The van der Waals surface area contributed by atoms with Crippen molar-refractivity contribution in [1.82, 2.24) is 10.3 Å². The number of aromatic nitrogens is 1. The van der Waals surface area contributed by atoms with E-state index in [9.17, 15) is 9.18 Å². The molecule has 1 heterocycles. The molecule has 0 bridgehead atoms. The van der Waals surface area contributed by atoms with E-state index in [-0.39, 0.29) is 17.2 Å². The zero-order valence-corrected chi connectivity index (χ0v) is 11.8. The summed E-state index contributed by atoms with van der Waals surface area (Å²) in [5.74, 6) is -0.339. The van der Waals surface area contributed by atoms with Crippen LogP contribution < -0.4 is 15.4 Å². The molecular formula is C15H16FN3O2. The molecule has 0 atom stereocenters. The van der Waals surface area contributed by atoms with Gasteiger partial charge in [0.15, 0.2) is 0 Å². The minimum Gasteiger partial charge on any atom is -0.481 e.